The maximum absolute atomic E-state index is 17.3. The molecular formula is C32H30ClF2N5O4S. The van der Waals surface area contributed by atoms with E-state index in [1.807, 2.05) is 13.8 Å². The molecule has 0 aliphatic carbocycles. The zero-order chi connectivity index (χ0) is 32.5. The molecule has 13 heteroatoms. The molecule has 2 aromatic carbocycles. The molecular weight excluding hydrogens is 624 g/mol. The summed E-state index contributed by atoms with van der Waals surface area (Å²) in [6.45, 7) is 10.9. The Morgan fingerprint density at radius 3 is 2.56 bits per heavy atom. The number of hydrogen-bond acceptors (Lipinski definition) is 7. The van der Waals surface area contributed by atoms with Crippen LogP contribution in [0.3, 0.4) is 0 Å². The number of hydrogen-bond donors (Lipinski definition) is 0. The molecule has 4 aromatic rings. The van der Waals surface area contributed by atoms with Crippen molar-refractivity contribution in [2.75, 3.05) is 23.7 Å². The van der Waals surface area contributed by atoms with Crippen LogP contribution in [0.4, 0.5) is 14.6 Å². The number of aromatic nitrogens is 3. The summed E-state index contributed by atoms with van der Waals surface area (Å²) < 4.78 is 62.3. The van der Waals surface area contributed by atoms with Gasteiger partial charge in [-0.25, -0.2) is 22.0 Å². The van der Waals surface area contributed by atoms with Gasteiger partial charge in [0.25, 0.3) is 0 Å². The largest absolute Gasteiger partial charge is 0.354 e. The molecule has 0 radical (unpaired) electrons. The fraction of sp³-hybridized carbons (Fsp3) is 0.312. The third-order valence-corrected chi connectivity index (χ3v) is 10.9. The molecule has 2 aliphatic heterocycles. The smallest absolute Gasteiger partial charge is 0.348 e. The van der Waals surface area contributed by atoms with Gasteiger partial charge >= 0.3 is 5.69 Å². The molecule has 2 atom stereocenters. The Kier molecular flexibility index (Phi) is 7.56. The van der Waals surface area contributed by atoms with E-state index < -0.39 is 66.0 Å². The first-order chi connectivity index (χ1) is 21.3. The lowest BCUT2D eigenvalue weighted by Crippen LogP contribution is -2.60. The molecule has 1 amide bonds. The molecule has 9 nitrogen and oxygen atoms in total. The second kappa shape index (κ2) is 11.0. The van der Waals surface area contributed by atoms with Crippen LogP contribution in [0.15, 0.2) is 58.9 Å². The summed E-state index contributed by atoms with van der Waals surface area (Å²) >= 11 is 6.83. The number of fused-ring (bicyclic) bond motifs is 2. The Labute approximate surface area is 263 Å². The van der Waals surface area contributed by atoms with E-state index in [1.165, 1.54) is 23.1 Å². The first-order valence-corrected chi connectivity index (χ1v) is 16.4. The van der Waals surface area contributed by atoms with Crippen LogP contribution in [0.1, 0.15) is 37.9 Å². The number of halogens is 3. The fourth-order valence-electron chi connectivity index (χ4n) is 6.46. The van der Waals surface area contributed by atoms with E-state index in [4.69, 9.17) is 11.6 Å². The number of aryl methyl sites for hydroxylation is 1. The van der Waals surface area contributed by atoms with Gasteiger partial charge in [-0.2, -0.15) is 4.98 Å². The van der Waals surface area contributed by atoms with Crippen LogP contribution in [-0.2, 0) is 14.6 Å². The van der Waals surface area contributed by atoms with Crippen LogP contribution in [0.25, 0.3) is 27.7 Å². The van der Waals surface area contributed by atoms with Crippen molar-refractivity contribution in [1.82, 2.24) is 19.4 Å². The minimum atomic E-state index is -4.37. The van der Waals surface area contributed by atoms with Gasteiger partial charge in [-0.3, -0.25) is 14.3 Å². The molecule has 0 N–H and O–H groups in total. The molecule has 6 rings (SSSR count). The highest BCUT2D eigenvalue weighted by Gasteiger charge is 2.44. The highest BCUT2D eigenvalue weighted by molar-refractivity contribution is 7.91. The minimum Gasteiger partial charge on any atom is -0.348 e. The fourth-order valence-corrected chi connectivity index (χ4v) is 8.92. The Bertz CT molecular complexity index is 2100. The summed E-state index contributed by atoms with van der Waals surface area (Å²) in [6, 6.07) is 5.68. The lowest BCUT2D eigenvalue weighted by atomic mass is 9.99. The van der Waals surface area contributed by atoms with Crippen molar-refractivity contribution in [3.8, 4) is 16.8 Å². The molecule has 2 aromatic heterocycles. The number of rotatable bonds is 4. The van der Waals surface area contributed by atoms with E-state index in [0.29, 0.717) is 11.3 Å². The lowest BCUT2D eigenvalue weighted by Gasteiger charge is -2.44. The molecule has 1 saturated heterocycles. The van der Waals surface area contributed by atoms with Crippen molar-refractivity contribution in [2.45, 2.75) is 50.6 Å². The summed E-state index contributed by atoms with van der Waals surface area (Å²) in [5.41, 5.74) is -0.768. The summed E-state index contributed by atoms with van der Waals surface area (Å²) in [4.78, 5) is 38.4. The highest BCUT2D eigenvalue weighted by Crippen LogP contribution is 2.47. The summed E-state index contributed by atoms with van der Waals surface area (Å²) in [7, 11) is -4.37. The summed E-state index contributed by atoms with van der Waals surface area (Å²) in [5, 5.41) is -0.703. The molecule has 0 saturated carbocycles. The average Bonchev–Trinajstić information content (AvgIpc) is 3.07. The van der Waals surface area contributed by atoms with Crippen molar-refractivity contribution < 1.29 is 22.0 Å². The van der Waals surface area contributed by atoms with Crippen LogP contribution >= 0.6 is 11.6 Å². The van der Waals surface area contributed by atoms with E-state index in [9.17, 15) is 18.0 Å². The number of anilines is 1. The maximum Gasteiger partial charge on any atom is 0.354 e. The molecule has 45 heavy (non-hydrogen) atoms. The number of piperazine rings is 1. The molecule has 0 spiro atoms. The predicted octanol–water partition coefficient (Wildman–Crippen LogP) is 5.19. The topological polar surface area (TPSA) is 105 Å². The average molecular weight is 654 g/mol. The van der Waals surface area contributed by atoms with E-state index in [1.54, 1.807) is 31.0 Å². The van der Waals surface area contributed by atoms with Crippen molar-refractivity contribution in [2.24, 2.45) is 0 Å². The lowest BCUT2D eigenvalue weighted by molar-refractivity contribution is -0.128. The predicted molar refractivity (Wildman–Crippen MR) is 169 cm³/mol. The zero-order valence-electron chi connectivity index (χ0n) is 25.0. The first-order valence-electron chi connectivity index (χ1n) is 14.4. The van der Waals surface area contributed by atoms with Gasteiger partial charge in [0.2, 0.25) is 5.91 Å². The van der Waals surface area contributed by atoms with Gasteiger partial charge in [0.1, 0.15) is 11.6 Å². The molecule has 0 bridgehead atoms. The second-order valence-corrected chi connectivity index (χ2v) is 14.1. The summed E-state index contributed by atoms with van der Waals surface area (Å²) in [5.74, 6) is -3.10. The third-order valence-electron chi connectivity index (χ3n) is 8.51. The SMILES string of the molecule is C=CC(=O)N1CC2CS(=O)(=O)c3c(Cl)c(-c4ccccc4F)c(F)c4c3c(nc(=O)n4-c3c(C)ccnc3C(C)C)N2CC1C. The zero-order valence-corrected chi connectivity index (χ0v) is 26.6. The van der Waals surface area contributed by atoms with Gasteiger partial charge in [0.05, 0.1) is 44.0 Å². The van der Waals surface area contributed by atoms with E-state index in [0.717, 1.165) is 16.7 Å². The number of amides is 1. The number of carbonyl (C=O) groups is 1. The second-order valence-electron chi connectivity index (χ2n) is 11.7. The van der Waals surface area contributed by atoms with Gasteiger partial charge in [-0.05, 0) is 43.5 Å². The standard InChI is InChI=1S/C32H30ClF2N5O4S/c1-6-22(41)38-14-19-15-45(43,44)30-24-29(26(35)23(25(30)33)20-9-7-8-10-21(20)34)40(28-17(4)11-12-36-27(28)16(2)3)32(42)37-31(24)39(19)13-18(38)5/h6-12,16,18-19H,1,13-15H2,2-5H3. The monoisotopic (exact) mass is 653 g/mol. The van der Waals surface area contributed by atoms with E-state index >= 15 is 8.78 Å². The normalized spacial score (nSPS) is 19.0. The van der Waals surface area contributed by atoms with Crippen molar-refractivity contribution in [1.29, 1.82) is 0 Å². The maximum atomic E-state index is 17.3. The third kappa shape index (κ3) is 4.73. The van der Waals surface area contributed by atoms with Crippen LogP contribution in [0, 0.1) is 18.6 Å². The Morgan fingerprint density at radius 1 is 1.18 bits per heavy atom. The molecule has 2 aliphatic rings. The molecule has 1 fully saturated rings. The Morgan fingerprint density at radius 2 is 1.89 bits per heavy atom. The van der Waals surface area contributed by atoms with Gasteiger partial charge in [0, 0.05) is 36.5 Å². The summed E-state index contributed by atoms with van der Waals surface area (Å²) in [6.07, 6.45) is 2.72. The van der Waals surface area contributed by atoms with Gasteiger partial charge in [-0.1, -0.05) is 50.2 Å². The quantitative estimate of drug-likeness (QED) is 0.221. The van der Waals surface area contributed by atoms with Crippen molar-refractivity contribution in [3.63, 3.8) is 0 Å². The Balaban J connectivity index is 1.83. The molecule has 234 valence electrons. The molecule has 2 unspecified atom stereocenters. The number of nitrogens with zero attached hydrogens (tertiary/aromatic N) is 5. The van der Waals surface area contributed by atoms with Crippen LogP contribution < -0.4 is 10.6 Å². The van der Waals surface area contributed by atoms with E-state index in [-0.39, 0.29) is 47.4 Å². The number of sulfone groups is 1. The molecule has 4 heterocycles. The van der Waals surface area contributed by atoms with Crippen LogP contribution in [-0.4, -0.2) is 64.7 Å². The van der Waals surface area contributed by atoms with E-state index in [2.05, 4.69) is 16.5 Å². The van der Waals surface area contributed by atoms with Crippen LogP contribution in [0.5, 0.6) is 0 Å². The number of carbonyl (C=O) groups excluding carboxylic acids is 1. The minimum absolute atomic E-state index is 0.0228. The Hall–Kier alpha value is -4.16. The number of pyridine rings is 1. The van der Waals surface area contributed by atoms with Crippen LogP contribution in [0.2, 0.25) is 5.02 Å². The van der Waals surface area contributed by atoms with Gasteiger partial charge < -0.3 is 9.80 Å². The number of benzene rings is 2. The first kappa shape index (κ1) is 30.8. The van der Waals surface area contributed by atoms with Crippen molar-refractivity contribution in [3.05, 3.63) is 87.6 Å². The van der Waals surface area contributed by atoms with Crippen molar-refractivity contribution >= 4 is 44.1 Å². The highest BCUT2D eigenvalue weighted by atomic mass is 35.5. The van der Waals surface area contributed by atoms with Gasteiger partial charge in [0.15, 0.2) is 15.7 Å². The van der Waals surface area contributed by atoms with Gasteiger partial charge in [-0.15, -0.1) is 0 Å².